The second kappa shape index (κ2) is 6.67. The highest BCUT2D eigenvalue weighted by molar-refractivity contribution is 5.92. The van der Waals surface area contributed by atoms with E-state index in [1.807, 2.05) is 30.0 Å². The average molecular weight is 346 g/mol. The van der Waals surface area contributed by atoms with Gasteiger partial charge in [-0.2, -0.15) is 0 Å². The Morgan fingerprint density at radius 3 is 2.92 bits per heavy atom. The van der Waals surface area contributed by atoms with Gasteiger partial charge < -0.3 is 24.6 Å². The Morgan fingerprint density at radius 2 is 2.24 bits per heavy atom. The van der Waals surface area contributed by atoms with Crippen LogP contribution >= 0.6 is 0 Å². The summed E-state index contributed by atoms with van der Waals surface area (Å²) in [6.45, 7) is 2.86. The zero-order valence-corrected chi connectivity index (χ0v) is 14.6. The number of hydrogen-bond donors (Lipinski definition) is 2. The maximum Gasteiger partial charge on any atom is 0.289 e. The van der Waals surface area contributed by atoms with Crippen LogP contribution in [-0.4, -0.2) is 65.3 Å². The average Bonchev–Trinajstić information content (AvgIpc) is 3.19. The fourth-order valence-electron chi connectivity index (χ4n) is 2.80. The minimum atomic E-state index is -1.02. The van der Waals surface area contributed by atoms with E-state index in [4.69, 9.17) is 4.42 Å². The molecular formula is C16H22N6O3. The summed E-state index contributed by atoms with van der Waals surface area (Å²) in [7, 11) is 3.82. The smallest absolute Gasteiger partial charge is 0.289 e. The number of carbonyl (C=O) groups is 1. The lowest BCUT2D eigenvalue weighted by atomic mass is 10.0. The molecule has 0 bridgehead atoms. The van der Waals surface area contributed by atoms with E-state index in [2.05, 4.69) is 20.3 Å². The zero-order chi connectivity index (χ0) is 18.0. The van der Waals surface area contributed by atoms with Gasteiger partial charge in [0.2, 0.25) is 5.76 Å². The lowest BCUT2D eigenvalue weighted by Crippen LogP contribution is -2.45. The second-order valence-electron chi connectivity index (χ2n) is 6.47. The summed E-state index contributed by atoms with van der Waals surface area (Å²) in [6, 6.07) is 1.88. The summed E-state index contributed by atoms with van der Waals surface area (Å²) < 4.78 is 5.06. The van der Waals surface area contributed by atoms with Crippen molar-refractivity contribution in [2.24, 2.45) is 0 Å². The van der Waals surface area contributed by atoms with E-state index in [0.717, 1.165) is 11.6 Å². The van der Waals surface area contributed by atoms with Gasteiger partial charge in [0, 0.05) is 39.8 Å². The summed E-state index contributed by atoms with van der Waals surface area (Å²) in [5, 5.41) is 13.5. The van der Waals surface area contributed by atoms with Crippen LogP contribution in [0.5, 0.6) is 0 Å². The topological polar surface area (TPSA) is 108 Å². The quantitative estimate of drug-likeness (QED) is 0.791. The maximum absolute atomic E-state index is 12.1. The lowest BCUT2D eigenvalue weighted by molar-refractivity contribution is 0.0566. The van der Waals surface area contributed by atoms with E-state index < -0.39 is 5.60 Å². The van der Waals surface area contributed by atoms with Crippen molar-refractivity contribution < 1.29 is 14.3 Å². The van der Waals surface area contributed by atoms with Crippen molar-refractivity contribution in [1.82, 2.24) is 20.3 Å². The van der Waals surface area contributed by atoms with Crippen LogP contribution in [0, 0.1) is 6.92 Å². The van der Waals surface area contributed by atoms with Crippen LogP contribution < -0.4 is 15.1 Å². The zero-order valence-electron chi connectivity index (χ0n) is 14.6. The molecule has 0 unspecified atom stereocenters. The molecule has 1 atom stereocenters. The molecule has 0 saturated carbocycles. The summed E-state index contributed by atoms with van der Waals surface area (Å²) >= 11 is 0. The van der Waals surface area contributed by atoms with E-state index in [1.54, 1.807) is 6.92 Å². The Hall–Kier alpha value is -2.68. The van der Waals surface area contributed by atoms with Crippen LogP contribution in [-0.2, 0) is 0 Å². The first kappa shape index (κ1) is 17.2. The van der Waals surface area contributed by atoms with Gasteiger partial charge in [0.25, 0.3) is 5.91 Å². The third-order valence-corrected chi connectivity index (χ3v) is 4.28. The largest absolute Gasteiger partial charge is 0.438 e. The number of β-amino-alcohol motifs (C(OH)–C–C–N with tert-alkyl or cyclic N) is 1. The number of carbonyl (C=O) groups excluding carboxylic acids is 1. The molecular weight excluding hydrogens is 324 g/mol. The predicted molar refractivity (Wildman–Crippen MR) is 91.7 cm³/mol. The number of rotatable bonds is 5. The van der Waals surface area contributed by atoms with Crippen LogP contribution in [0.15, 0.2) is 23.2 Å². The molecule has 1 fully saturated rings. The minimum absolute atomic E-state index is 0.133. The number of nitrogens with one attached hydrogen (secondary N) is 1. The van der Waals surface area contributed by atoms with Gasteiger partial charge in [0.1, 0.15) is 23.6 Å². The first-order valence-corrected chi connectivity index (χ1v) is 8.03. The summed E-state index contributed by atoms with van der Waals surface area (Å²) in [6.07, 6.45) is 3.27. The van der Waals surface area contributed by atoms with Gasteiger partial charge >= 0.3 is 0 Å². The SMILES string of the molecule is Cc1ncoc1C(=O)NC[C@]1(O)CCN(c2cc(N(C)C)ncn2)C1. The number of anilines is 2. The first-order chi connectivity index (χ1) is 11.9. The number of aryl methyl sites for hydroxylation is 1. The fourth-order valence-corrected chi connectivity index (χ4v) is 2.80. The van der Waals surface area contributed by atoms with E-state index >= 15 is 0 Å². The van der Waals surface area contributed by atoms with E-state index in [-0.39, 0.29) is 18.2 Å². The molecule has 0 radical (unpaired) electrons. The number of nitrogens with zero attached hydrogens (tertiary/aromatic N) is 5. The van der Waals surface area contributed by atoms with Gasteiger partial charge in [-0.25, -0.2) is 15.0 Å². The number of hydrogen-bond acceptors (Lipinski definition) is 8. The molecule has 25 heavy (non-hydrogen) atoms. The number of amides is 1. The molecule has 1 amide bonds. The van der Waals surface area contributed by atoms with Crippen LogP contribution in [0.4, 0.5) is 11.6 Å². The molecule has 3 rings (SSSR count). The van der Waals surface area contributed by atoms with Crippen molar-refractivity contribution in [3.05, 3.63) is 30.2 Å². The molecule has 0 aromatic carbocycles. The molecule has 3 heterocycles. The molecule has 1 aliphatic heterocycles. The second-order valence-corrected chi connectivity index (χ2v) is 6.47. The van der Waals surface area contributed by atoms with Crippen molar-refractivity contribution in [3.8, 4) is 0 Å². The van der Waals surface area contributed by atoms with Gasteiger partial charge in [-0.1, -0.05) is 0 Å². The molecule has 2 aromatic heterocycles. The van der Waals surface area contributed by atoms with Crippen molar-refractivity contribution in [2.45, 2.75) is 18.9 Å². The van der Waals surface area contributed by atoms with Gasteiger partial charge in [-0.05, 0) is 13.3 Å². The van der Waals surface area contributed by atoms with Crippen molar-refractivity contribution in [1.29, 1.82) is 0 Å². The van der Waals surface area contributed by atoms with Gasteiger partial charge in [0.05, 0.1) is 5.69 Å². The molecule has 2 aromatic rings. The highest BCUT2D eigenvalue weighted by atomic mass is 16.3. The Morgan fingerprint density at radius 1 is 1.44 bits per heavy atom. The standard InChI is InChI=1S/C16H22N6O3/c1-11-14(25-10-20-11)15(23)17-7-16(24)4-5-22(8-16)13-6-12(21(2)3)18-9-19-13/h6,9-10,24H,4-5,7-8H2,1-3H3,(H,17,23)/t16-/m1/s1. The Bertz CT molecular complexity index is 762. The number of aromatic nitrogens is 3. The third kappa shape index (κ3) is 3.71. The lowest BCUT2D eigenvalue weighted by Gasteiger charge is -2.24. The Balaban J connectivity index is 1.62. The summed E-state index contributed by atoms with van der Waals surface area (Å²) in [5.74, 6) is 1.35. The molecule has 0 aliphatic carbocycles. The minimum Gasteiger partial charge on any atom is -0.438 e. The third-order valence-electron chi connectivity index (χ3n) is 4.28. The summed E-state index contributed by atoms with van der Waals surface area (Å²) in [5.41, 5.74) is -0.498. The van der Waals surface area contributed by atoms with E-state index in [9.17, 15) is 9.90 Å². The Kier molecular flexibility index (Phi) is 4.58. The molecule has 0 spiro atoms. The van der Waals surface area contributed by atoms with Crippen LogP contribution in [0.2, 0.25) is 0 Å². The first-order valence-electron chi connectivity index (χ1n) is 8.03. The van der Waals surface area contributed by atoms with Gasteiger partial charge in [-0.3, -0.25) is 4.79 Å². The normalized spacial score (nSPS) is 19.9. The maximum atomic E-state index is 12.1. The van der Waals surface area contributed by atoms with Crippen molar-refractivity contribution >= 4 is 17.5 Å². The van der Waals surface area contributed by atoms with Crippen LogP contribution in [0.25, 0.3) is 0 Å². The van der Waals surface area contributed by atoms with Crippen LogP contribution in [0.3, 0.4) is 0 Å². The molecule has 134 valence electrons. The molecule has 9 nitrogen and oxygen atoms in total. The molecule has 1 aliphatic rings. The van der Waals surface area contributed by atoms with Gasteiger partial charge in [-0.15, -0.1) is 0 Å². The Labute approximate surface area is 145 Å². The van der Waals surface area contributed by atoms with Crippen LogP contribution in [0.1, 0.15) is 22.7 Å². The monoisotopic (exact) mass is 346 g/mol. The molecule has 2 N–H and O–H groups in total. The van der Waals surface area contributed by atoms with E-state index in [0.29, 0.717) is 25.2 Å². The number of oxazole rings is 1. The fraction of sp³-hybridized carbons (Fsp3) is 0.500. The molecule has 1 saturated heterocycles. The highest BCUT2D eigenvalue weighted by Crippen LogP contribution is 2.26. The van der Waals surface area contributed by atoms with E-state index in [1.165, 1.54) is 12.7 Å². The van der Waals surface area contributed by atoms with Crippen molar-refractivity contribution in [2.75, 3.05) is 43.5 Å². The highest BCUT2D eigenvalue weighted by Gasteiger charge is 2.37. The summed E-state index contributed by atoms with van der Waals surface area (Å²) in [4.78, 5) is 28.4. The van der Waals surface area contributed by atoms with Crippen molar-refractivity contribution in [3.63, 3.8) is 0 Å². The predicted octanol–water partition coefficient (Wildman–Crippen LogP) is 0.210. The molecule has 9 heteroatoms. The number of aliphatic hydroxyl groups is 1. The van der Waals surface area contributed by atoms with Gasteiger partial charge in [0.15, 0.2) is 6.39 Å².